The maximum absolute atomic E-state index is 8.10. The zero-order chi connectivity index (χ0) is 7.66. The van der Waals surface area contributed by atoms with Crippen LogP contribution in [0.4, 0.5) is 0 Å². The second-order valence-electron chi connectivity index (χ2n) is 1.54. The lowest BCUT2D eigenvalue weighted by molar-refractivity contribution is 0.0790. The first-order valence-corrected chi connectivity index (χ1v) is 3.98. The zero-order valence-electron chi connectivity index (χ0n) is 6.00. The molecule has 0 saturated heterocycles. The van der Waals surface area contributed by atoms with E-state index in [9.17, 15) is 0 Å². The summed E-state index contributed by atoms with van der Waals surface area (Å²) < 4.78 is 9.83. The molecule has 0 bridgehead atoms. The number of thiocyanates is 1. The van der Waals surface area contributed by atoms with Crippen LogP contribution in [-0.4, -0.2) is 32.7 Å². The molecule has 0 heterocycles. The Bertz CT molecular complexity index is 102. The minimum absolute atomic E-state index is 0.614. The van der Waals surface area contributed by atoms with E-state index in [1.807, 2.05) is 5.40 Å². The number of nitriles is 1. The highest BCUT2D eigenvalue weighted by molar-refractivity contribution is 8.03. The first-order chi connectivity index (χ1) is 4.91. The number of thioether (sulfide) groups is 1. The van der Waals surface area contributed by atoms with Crippen molar-refractivity contribution in [1.82, 2.24) is 0 Å². The molecular weight excluding hydrogens is 150 g/mol. The third-order valence-electron chi connectivity index (χ3n) is 0.826. The minimum atomic E-state index is 0.614. The standard InChI is InChI=1S/C6H11NO2S/c1-8-2-3-9-4-5-10-6-7/h2-5H2,1H3. The van der Waals surface area contributed by atoms with Gasteiger partial charge in [0.05, 0.1) is 19.8 Å². The Labute approximate surface area is 65.3 Å². The van der Waals surface area contributed by atoms with Gasteiger partial charge in [0.2, 0.25) is 0 Å². The Kier molecular flexibility index (Phi) is 8.55. The van der Waals surface area contributed by atoms with Crippen LogP contribution in [0.5, 0.6) is 0 Å². The van der Waals surface area contributed by atoms with E-state index in [1.54, 1.807) is 7.11 Å². The maximum Gasteiger partial charge on any atom is 0.133 e. The van der Waals surface area contributed by atoms with Crippen molar-refractivity contribution >= 4 is 11.8 Å². The molecule has 0 fully saturated rings. The van der Waals surface area contributed by atoms with Gasteiger partial charge in [-0.15, -0.1) is 0 Å². The third-order valence-corrected chi connectivity index (χ3v) is 1.33. The fourth-order valence-electron chi connectivity index (χ4n) is 0.391. The van der Waals surface area contributed by atoms with E-state index < -0.39 is 0 Å². The summed E-state index contributed by atoms with van der Waals surface area (Å²) in [6.07, 6.45) is 0. The normalized spacial score (nSPS) is 9.20. The third kappa shape index (κ3) is 7.76. The lowest BCUT2D eigenvalue weighted by Gasteiger charge is -1.99. The molecule has 58 valence electrons. The first kappa shape index (κ1) is 9.76. The summed E-state index contributed by atoms with van der Waals surface area (Å²) in [4.78, 5) is 0. The SMILES string of the molecule is COCCOCCSC#N. The fraction of sp³-hybridized carbons (Fsp3) is 0.833. The van der Waals surface area contributed by atoms with Crippen molar-refractivity contribution in [2.45, 2.75) is 0 Å². The Morgan fingerprint density at radius 1 is 1.40 bits per heavy atom. The van der Waals surface area contributed by atoms with Gasteiger partial charge in [-0.1, -0.05) is 0 Å². The monoisotopic (exact) mass is 161 g/mol. The second-order valence-corrected chi connectivity index (χ2v) is 2.42. The van der Waals surface area contributed by atoms with Crippen LogP contribution in [0.2, 0.25) is 0 Å². The molecule has 0 N–H and O–H groups in total. The summed E-state index contributed by atoms with van der Waals surface area (Å²) in [7, 11) is 1.63. The van der Waals surface area contributed by atoms with Gasteiger partial charge in [-0.25, -0.2) is 0 Å². The highest BCUT2D eigenvalue weighted by Gasteiger charge is 1.87. The average Bonchev–Trinajstić information content (AvgIpc) is 1.97. The molecule has 0 rings (SSSR count). The number of hydrogen-bond donors (Lipinski definition) is 0. The van der Waals surface area contributed by atoms with Crippen LogP contribution in [0.15, 0.2) is 0 Å². The van der Waals surface area contributed by atoms with Crippen molar-refractivity contribution in [3.63, 3.8) is 0 Å². The molecule has 0 aliphatic carbocycles. The maximum atomic E-state index is 8.10. The van der Waals surface area contributed by atoms with Gasteiger partial charge >= 0.3 is 0 Å². The summed E-state index contributed by atoms with van der Waals surface area (Å²) in [5, 5.41) is 10.1. The molecule has 0 spiro atoms. The highest BCUT2D eigenvalue weighted by atomic mass is 32.2. The van der Waals surface area contributed by atoms with E-state index in [2.05, 4.69) is 0 Å². The molecule has 0 aliphatic heterocycles. The molecule has 0 aromatic carbocycles. The Morgan fingerprint density at radius 2 is 2.20 bits per heavy atom. The smallest absolute Gasteiger partial charge is 0.133 e. The van der Waals surface area contributed by atoms with Crippen LogP contribution in [0.1, 0.15) is 0 Å². The zero-order valence-corrected chi connectivity index (χ0v) is 6.82. The van der Waals surface area contributed by atoms with E-state index in [1.165, 1.54) is 11.8 Å². The molecule has 0 aliphatic rings. The van der Waals surface area contributed by atoms with Crippen molar-refractivity contribution in [2.24, 2.45) is 0 Å². The van der Waals surface area contributed by atoms with Crippen molar-refractivity contribution < 1.29 is 9.47 Å². The first-order valence-electron chi connectivity index (χ1n) is 2.99. The van der Waals surface area contributed by atoms with Crippen LogP contribution in [-0.2, 0) is 9.47 Å². The van der Waals surface area contributed by atoms with Crippen LogP contribution >= 0.6 is 11.8 Å². The molecular formula is C6H11NO2S. The van der Waals surface area contributed by atoms with Gasteiger partial charge in [-0.2, -0.15) is 5.26 Å². The number of methoxy groups -OCH3 is 1. The van der Waals surface area contributed by atoms with Crippen LogP contribution in [0.25, 0.3) is 0 Å². The van der Waals surface area contributed by atoms with Crippen molar-refractivity contribution in [1.29, 1.82) is 5.26 Å². The molecule has 0 aromatic heterocycles. The number of nitrogens with zero attached hydrogens (tertiary/aromatic N) is 1. The minimum Gasteiger partial charge on any atom is -0.382 e. The molecule has 3 nitrogen and oxygen atoms in total. The molecule has 0 unspecified atom stereocenters. The predicted octanol–water partition coefficient (Wildman–Crippen LogP) is 0.864. The lowest BCUT2D eigenvalue weighted by Crippen LogP contribution is -2.03. The predicted molar refractivity (Wildman–Crippen MR) is 40.8 cm³/mol. The summed E-state index contributed by atoms with van der Waals surface area (Å²) in [6.45, 7) is 1.86. The number of rotatable bonds is 6. The van der Waals surface area contributed by atoms with Crippen LogP contribution < -0.4 is 0 Å². The van der Waals surface area contributed by atoms with E-state index >= 15 is 0 Å². The lowest BCUT2D eigenvalue weighted by atomic mass is 10.7. The molecule has 4 heteroatoms. The van der Waals surface area contributed by atoms with Crippen molar-refractivity contribution in [2.75, 3.05) is 32.7 Å². The van der Waals surface area contributed by atoms with Gasteiger partial charge in [0.25, 0.3) is 0 Å². The Morgan fingerprint density at radius 3 is 2.80 bits per heavy atom. The second kappa shape index (κ2) is 8.76. The molecule has 0 aromatic rings. The van der Waals surface area contributed by atoms with Gasteiger partial charge in [0.15, 0.2) is 0 Å². The average molecular weight is 161 g/mol. The van der Waals surface area contributed by atoms with Crippen molar-refractivity contribution in [3.05, 3.63) is 0 Å². The van der Waals surface area contributed by atoms with Gasteiger partial charge in [-0.3, -0.25) is 0 Å². The number of hydrogen-bond acceptors (Lipinski definition) is 4. The van der Waals surface area contributed by atoms with E-state index in [-0.39, 0.29) is 0 Å². The largest absolute Gasteiger partial charge is 0.382 e. The van der Waals surface area contributed by atoms with E-state index in [0.29, 0.717) is 19.8 Å². The van der Waals surface area contributed by atoms with Crippen molar-refractivity contribution in [3.8, 4) is 5.40 Å². The van der Waals surface area contributed by atoms with Crippen LogP contribution in [0.3, 0.4) is 0 Å². The topological polar surface area (TPSA) is 42.2 Å². The van der Waals surface area contributed by atoms with E-state index in [0.717, 1.165) is 5.75 Å². The summed E-state index contributed by atoms with van der Waals surface area (Å²) in [6, 6.07) is 0. The molecule has 0 saturated carbocycles. The molecule has 10 heavy (non-hydrogen) atoms. The Hall–Kier alpha value is -0.240. The van der Waals surface area contributed by atoms with Gasteiger partial charge < -0.3 is 9.47 Å². The summed E-state index contributed by atoms with van der Waals surface area (Å²) in [5.41, 5.74) is 0. The van der Waals surface area contributed by atoms with Gasteiger partial charge in [0.1, 0.15) is 5.40 Å². The fourth-order valence-corrected chi connectivity index (χ4v) is 0.683. The highest BCUT2D eigenvalue weighted by Crippen LogP contribution is 1.93. The molecule has 0 amide bonds. The number of ether oxygens (including phenoxy) is 2. The van der Waals surface area contributed by atoms with Crippen LogP contribution in [0, 0.1) is 10.7 Å². The van der Waals surface area contributed by atoms with Gasteiger partial charge in [0, 0.05) is 12.9 Å². The van der Waals surface area contributed by atoms with E-state index in [4.69, 9.17) is 14.7 Å². The molecule has 0 atom stereocenters. The molecule has 0 radical (unpaired) electrons. The van der Waals surface area contributed by atoms with Gasteiger partial charge in [-0.05, 0) is 11.8 Å². The Balaban J connectivity index is 2.72. The summed E-state index contributed by atoms with van der Waals surface area (Å²) in [5.74, 6) is 0.736. The summed E-state index contributed by atoms with van der Waals surface area (Å²) >= 11 is 1.21. The quantitative estimate of drug-likeness (QED) is 0.428.